The fraction of sp³-hybridized carbons (Fsp3) is 0.235. The van der Waals surface area contributed by atoms with Gasteiger partial charge in [0.15, 0.2) is 11.5 Å². The van der Waals surface area contributed by atoms with E-state index in [-0.39, 0.29) is 18.0 Å². The van der Waals surface area contributed by atoms with Crippen LogP contribution in [0.25, 0.3) is 0 Å². The minimum absolute atomic E-state index is 0.0203. The van der Waals surface area contributed by atoms with Crippen LogP contribution in [0.3, 0.4) is 0 Å². The van der Waals surface area contributed by atoms with Gasteiger partial charge in [-0.3, -0.25) is 4.79 Å². The summed E-state index contributed by atoms with van der Waals surface area (Å²) in [4.78, 5) is 12.2. The Hall–Kier alpha value is -1.85. The summed E-state index contributed by atoms with van der Waals surface area (Å²) in [5, 5.41) is 3.26. The second-order valence-corrected chi connectivity index (χ2v) is 6.86. The van der Waals surface area contributed by atoms with Crippen LogP contribution in [0.4, 0.5) is 5.69 Å². The largest absolute Gasteiger partial charge is 0.454 e. The molecule has 4 nitrogen and oxygen atoms in total. The molecule has 3 rings (SSSR count). The Morgan fingerprint density at radius 2 is 2.09 bits per heavy atom. The Morgan fingerprint density at radius 1 is 1.30 bits per heavy atom. The van der Waals surface area contributed by atoms with Gasteiger partial charge in [0.2, 0.25) is 12.7 Å². The molecule has 120 valence electrons. The lowest BCUT2D eigenvalue weighted by molar-refractivity contribution is -0.115. The average molecular weight is 350 g/mol. The number of benzene rings is 2. The van der Waals surface area contributed by atoms with E-state index in [1.807, 2.05) is 49.4 Å². The zero-order valence-corrected chi connectivity index (χ0v) is 14.1. The van der Waals surface area contributed by atoms with Crippen LogP contribution in [0.5, 0.6) is 11.5 Å². The number of anilines is 1. The van der Waals surface area contributed by atoms with Crippen LogP contribution >= 0.6 is 23.4 Å². The molecule has 1 aliphatic heterocycles. The third-order valence-electron chi connectivity index (χ3n) is 3.40. The van der Waals surface area contributed by atoms with Crippen molar-refractivity contribution in [2.24, 2.45) is 0 Å². The lowest BCUT2D eigenvalue weighted by Gasteiger charge is -2.12. The van der Waals surface area contributed by atoms with E-state index in [1.54, 1.807) is 11.8 Å². The molecule has 1 atom stereocenters. The summed E-state index contributed by atoms with van der Waals surface area (Å²) >= 11 is 7.71. The van der Waals surface area contributed by atoms with E-state index in [2.05, 4.69) is 5.32 Å². The predicted molar refractivity (Wildman–Crippen MR) is 93.4 cm³/mol. The molecule has 6 heteroatoms. The number of carbonyl (C=O) groups excluding carboxylic acids is 1. The number of hydrogen-bond acceptors (Lipinski definition) is 4. The second kappa shape index (κ2) is 7.15. The Bertz CT molecular complexity index is 708. The van der Waals surface area contributed by atoms with Crippen LogP contribution in [-0.4, -0.2) is 18.0 Å². The van der Waals surface area contributed by atoms with Crippen molar-refractivity contribution in [1.29, 1.82) is 0 Å². The molecule has 23 heavy (non-hydrogen) atoms. The number of amides is 1. The van der Waals surface area contributed by atoms with Crippen molar-refractivity contribution < 1.29 is 14.3 Å². The van der Waals surface area contributed by atoms with E-state index in [4.69, 9.17) is 21.1 Å². The number of nitrogens with one attached hydrogen (secondary N) is 1. The molecule has 0 bridgehead atoms. The molecule has 0 radical (unpaired) electrons. The number of halogens is 1. The van der Waals surface area contributed by atoms with Crippen LogP contribution in [0.1, 0.15) is 12.5 Å². The van der Waals surface area contributed by atoms with Gasteiger partial charge >= 0.3 is 0 Å². The van der Waals surface area contributed by atoms with Gasteiger partial charge in [-0.25, -0.2) is 0 Å². The molecule has 1 heterocycles. The molecule has 1 amide bonds. The first kappa shape index (κ1) is 16.0. The van der Waals surface area contributed by atoms with Gasteiger partial charge in [-0.2, -0.15) is 0 Å². The first-order valence-corrected chi connectivity index (χ1v) is 8.61. The van der Waals surface area contributed by atoms with E-state index < -0.39 is 0 Å². The van der Waals surface area contributed by atoms with Gasteiger partial charge in [0.1, 0.15) is 0 Å². The molecule has 0 aromatic heterocycles. The quantitative estimate of drug-likeness (QED) is 0.872. The molecule has 1 unspecified atom stereocenters. The number of rotatable bonds is 5. The first-order valence-electron chi connectivity index (χ1n) is 7.19. The van der Waals surface area contributed by atoms with Crippen LogP contribution in [0.2, 0.25) is 5.02 Å². The minimum Gasteiger partial charge on any atom is -0.454 e. The van der Waals surface area contributed by atoms with Gasteiger partial charge in [0.25, 0.3) is 0 Å². The molecule has 0 aliphatic carbocycles. The number of thioether (sulfide) groups is 1. The zero-order valence-electron chi connectivity index (χ0n) is 12.5. The molecular formula is C17H16ClNO3S. The van der Waals surface area contributed by atoms with E-state index in [9.17, 15) is 4.79 Å². The molecule has 0 saturated heterocycles. The Labute approximate surface area is 144 Å². The molecular weight excluding hydrogens is 334 g/mol. The topological polar surface area (TPSA) is 47.6 Å². The van der Waals surface area contributed by atoms with Crippen LogP contribution in [-0.2, 0) is 10.5 Å². The van der Waals surface area contributed by atoms with Crippen molar-refractivity contribution in [3.8, 4) is 11.5 Å². The van der Waals surface area contributed by atoms with Gasteiger partial charge in [0, 0.05) is 11.4 Å². The van der Waals surface area contributed by atoms with E-state index in [1.165, 1.54) is 0 Å². The summed E-state index contributed by atoms with van der Waals surface area (Å²) in [5.41, 5.74) is 1.81. The Morgan fingerprint density at radius 3 is 2.87 bits per heavy atom. The highest BCUT2D eigenvalue weighted by Crippen LogP contribution is 2.40. The maximum Gasteiger partial charge on any atom is 0.237 e. The van der Waals surface area contributed by atoms with Gasteiger partial charge < -0.3 is 14.8 Å². The summed E-state index contributed by atoms with van der Waals surface area (Å²) in [6.07, 6.45) is 0. The predicted octanol–water partition coefficient (Wildman–Crippen LogP) is 4.33. The third kappa shape index (κ3) is 3.92. The standard InChI is InChI=1S/C17H16ClNO3S/c1-11(17(20)19-13-5-3-2-4-6-13)23-9-12-7-14(18)16-15(8-12)21-10-22-16/h2-8,11H,9-10H2,1H3,(H,19,20). The smallest absolute Gasteiger partial charge is 0.237 e. The summed E-state index contributed by atoms with van der Waals surface area (Å²) in [5.74, 6) is 1.90. The summed E-state index contributed by atoms with van der Waals surface area (Å²) in [7, 11) is 0. The van der Waals surface area contributed by atoms with Gasteiger partial charge in [-0.15, -0.1) is 11.8 Å². The summed E-state index contributed by atoms with van der Waals surface area (Å²) < 4.78 is 10.6. The maximum absolute atomic E-state index is 12.2. The lowest BCUT2D eigenvalue weighted by atomic mass is 10.2. The fourth-order valence-electron chi connectivity index (χ4n) is 2.17. The number of carbonyl (C=O) groups is 1. The second-order valence-electron chi connectivity index (χ2n) is 5.12. The number of ether oxygens (including phenoxy) is 2. The van der Waals surface area contributed by atoms with Crippen molar-refractivity contribution in [3.05, 3.63) is 53.1 Å². The molecule has 1 aliphatic rings. The molecule has 1 N–H and O–H groups in total. The summed E-state index contributed by atoms with van der Waals surface area (Å²) in [6.45, 7) is 2.08. The molecule has 0 spiro atoms. The first-order chi connectivity index (χ1) is 11.1. The monoisotopic (exact) mass is 349 g/mol. The van der Waals surface area contributed by atoms with E-state index in [0.717, 1.165) is 11.3 Å². The molecule has 2 aromatic carbocycles. The van der Waals surface area contributed by atoms with E-state index in [0.29, 0.717) is 22.3 Å². The highest BCUT2D eigenvalue weighted by atomic mass is 35.5. The maximum atomic E-state index is 12.2. The number of hydrogen-bond donors (Lipinski definition) is 1. The Balaban J connectivity index is 1.57. The van der Waals surface area contributed by atoms with Crippen LogP contribution in [0, 0.1) is 0 Å². The number of fused-ring (bicyclic) bond motifs is 1. The normalized spacial score (nSPS) is 13.7. The average Bonchev–Trinajstić information content (AvgIpc) is 3.02. The molecule has 2 aromatic rings. The highest BCUT2D eigenvalue weighted by Gasteiger charge is 2.19. The van der Waals surface area contributed by atoms with Gasteiger partial charge in [-0.05, 0) is 36.8 Å². The van der Waals surface area contributed by atoms with E-state index >= 15 is 0 Å². The minimum atomic E-state index is -0.181. The zero-order chi connectivity index (χ0) is 16.2. The van der Waals surface area contributed by atoms with Crippen molar-refractivity contribution >= 4 is 35.0 Å². The van der Waals surface area contributed by atoms with Crippen molar-refractivity contribution in [2.45, 2.75) is 17.9 Å². The van der Waals surface area contributed by atoms with Crippen molar-refractivity contribution in [2.75, 3.05) is 12.1 Å². The fourth-order valence-corrected chi connectivity index (χ4v) is 3.27. The van der Waals surface area contributed by atoms with Gasteiger partial charge in [-0.1, -0.05) is 29.8 Å². The third-order valence-corrected chi connectivity index (χ3v) is 4.89. The highest BCUT2D eigenvalue weighted by molar-refractivity contribution is 7.99. The van der Waals surface area contributed by atoms with Crippen molar-refractivity contribution in [1.82, 2.24) is 0 Å². The lowest BCUT2D eigenvalue weighted by Crippen LogP contribution is -2.22. The van der Waals surface area contributed by atoms with Gasteiger partial charge in [0.05, 0.1) is 10.3 Å². The van der Waals surface area contributed by atoms with Crippen LogP contribution < -0.4 is 14.8 Å². The number of para-hydroxylation sites is 1. The van der Waals surface area contributed by atoms with Crippen molar-refractivity contribution in [3.63, 3.8) is 0 Å². The molecule has 0 saturated carbocycles. The van der Waals surface area contributed by atoms with Crippen LogP contribution in [0.15, 0.2) is 42.5 Å². The summed E-state index contributed by atoms with van der Waals surface area (Å²) in [6, 6.07) is 13.2. The molecule has 0 fully saturated rings. The SMILES string of the molecule is CC(SCc1cc(Cl)c2c(c1)OCO2)C(=O)Nc1ccccc1. The Kier molecular flexibility index (Phi) is 4.98.